The molecule has 0 aliphatic heterocycles. The van der Waals surface area contributed by atoms with Gasteiger partial charge in [0.2, 0.25) is 0 Å². The molecule has 1 aliphatic carbocycles. The number of anilines is 1. The van der Waals surface area contributed by atoms with Crippen LogP contribution in [0, 0.1) is 5.92 Å². The van der Waals surface area contributed by atoms with E-state index in [9.17, 15) is 0 Å². The van der Waals surface area contributed by atoms with Crippen LogP contribution in [-0.4, -0.2) is 21.0 Å². The Morgan fingerprint density at radius 2 is 2.20 bits per heavy atom. The van der Waals surface area contributed by atoms with Crippen molar-refractivity contribution in [2.45, 2.75) is 25.8 Å². The second-order valence-electron chi connectivity index (χ2n) is 3.89. The predicted molar refractivity (Wildman–Crippen MR) is 63.7 cm³/mol. The monoisotopic (exact) mass is 222 g/mol. The first kappa shape index (κ1) is 10.3. The summed E-state index contributed by atoms with van der Waals surface area (Å²) in [6.45, 7) is 2.15. The van der Waals surface area contributed by atoms with Crippen LogP contribution in [0.4, 0.5) is 5.82 Å². The van der Waals surface area contributed by atoms with Gasteiger partial charge in [-0.2, -0.15) is 0 Å². The maximum absolute atomic E-state index is 5.57. The topological polar surface area (TPSA) is 63.8 Å². The van der Waals surface area contributed by atoms with E-state index in [2.05, 4.69) is 22.2 Å². The van der Waals surface area contributed by atoms with Crippen LogP contribution in [0.3, 0.4) is 0 Å². The van der Waals surface area contributed by atoms with Gasteiger partial charge in [-0.15, -0.1) is 0 Å². The summed E-state index contributed by atoms with van der Waals surface area (Å²) in [5.41, 5.74) is 6.15. The minimum absolute atomic E-state index is 0.286. The minimum atomic E-state index is 0.286. The highest BCUT2D eigenvalue weighted by molar-refractivity contribution is 7.80. The Bertz CT molecular complexity index is 375. The van der Waals surface area contributed by atoms with Gasteiger partial charge in [-0.1, -0.05) is 12.2 Å². The molecule has 1 fully saturated rings. The fourth-order valence-electron chi connectivity index (χ4n) is 1.55. The van der Waals surface area contributed by atoms with Crippen LogP contribution >= 0.6 is 12.2 Å². The van der Waals surface area contributed by atoms with E-state index in [0.29, 0.717) is 17.6 Å². The van der Waals surface area contributed by atoms with Gasteiger partial charge >= 0.3 is 0 Å². The van der Waals surface area contributed by atoms with Crippen LogP contribution in [-0.2, 0) is 0 Å². The standard InChI is InChI=1S/C10H14N4S/c1-6(7-2-3-7)14-10-8(9(11)15)12-4-5-13-10/h4-7H,2-3H2,1H3,(H2,11,15)(H,13,14). The van der Waals surface area contributed by atoms with Crippen molar-refractivity contribution in [2.75, 3.05) is 5.32 Å². The van der Waals surface area contributed by atoms with Gasteiger partial charge in [-0.25, -0.2) is 9.97 Å². The normalized spacial score (nSPS) is 17.1. The van der Waals surface area contributed by atoms with Crippen molar-refractivity contribution in [1.82, 2.24) is 9.97 Å². The van der Waals surface area contributed by atoms with Gasteiger partial charge in [-0.3, -0.25) is 0 Å². The van der Waals surface area contributed by atoms with Gasteiger partial charge in [0.15, 0.2) is 5.82 Å². The highest BCUT2D eigenvalue weighted by Gasteiger charge is 2.28. The molecule has 1 saturated carbocycles. The lowest BCUT2D eigenvalue weighted by atomic mass is 10.2. The number of hydrogen-bond donors (Lipinski definition) is 2. The molecule has 1 unspecified atom stereocenters. The zero-order valence-corrected chi connectivity index (χ0v) is 9.42. The molecule has 4 nitrogen and oxygen atoms in total. The molecule has 1 atom stereocenters. The highest BCUT2D eigenvalue weighted by atomic mass is 32.1. The number of aromatic nitrogens is 2. The Morgan fingerprint density at radius 1 is 1.53 bits per heavy atom. The maximum atomic E-state index is 5.57. The van der Waals surface area contributed by atoms with Crippen molar-refractivity contribution < 1.29 is 0 Å². The van der Waals surface area contributed by atoms with E-state index in [1.54, 1.807) is 12.4 Å². The van der Waals surface area contributed by atoms with Gasteiger partial charge in [0.25, 0.3) is 0 Å². The quantitative estimate of drug-likeness (QED) is 0.752. The molecule has 5 heteroatoms. The Hall–Kier alpha value is -1.23. The minimum Gasteiger partial charge on any atom is -0.388 e. The molecular weight excluding hydrogens is 208 g/mol. The summed E-state index contributed by atoms with van der Waals surface area (Å²) in [6.07, 6.45) is 5.82. The second kappa shape index (κ2) is 4.10. The average Bonchev–Trinajstić information content (AvgIpc) is 3.01. The highest BCUT2D eigenvalue weighted by Crippen LogP contribution is 2.33. The number of nitrogens with zero attached hydrogens (tertiary/aromatic N) is 2. The van der Waals surface area contributed by atoms with Crippen molar-refractivity contribution in [2.24, 2.45) is 11.7 Å². The van der Waals surface area contributed by atoms with Crippen LogP contribution in [0.15, 0.2) is 12.4 Å². The lowest BCUT2D eigenvalue weighted by molar-refractivity contribution is 0.689. The Kier molecular flexibility index (Phi) is 2.81. The predicted octanol–water partition coefficient (Wildman–Crippen LogP) is 1.32. The Labute approximate surface area is 94.3 Å². The number of rotatable bonds is 4. The molecular formula is C10H14N4S. The van der Waals surface area contributed by atoms with Crippen LogP contribution < -0.4 is 11.1 Å². The second-order valence-corrected chi connectivity index (χ2v) is 4.33. The third-order valence-corrected chi connectivity index (χ3v) is 2.82. The fraction of sp³-hybridized carbons (Fsp3) is 0.500. The van der Waals surface area contributed by atoms with Gasteiger partial charge in [0, 0.05) is 18.4 Å². The van der Waals surface area contributed by atoms with Crippen LogP contribution in [0.25, 0.3) is 0 Å². The molecule has 80 valence electrons. The summed E-state index contributed by atoms with van der Waals surface area (Å²) in [4.78, 5) is 8.61. The smallest absolute Gasteiger partial charge is 0.155 e. The average molecular weight is 222 g/mol. The molecule has 1 aromatic rings. The van der Waals surface area contributed by atoms with Crippen molar-refractivity contribution in [1.29, 1.82) is 0 Å². The molecule has 0 saturated heterocycles. The number of hydrogen-bond acceptors (Lipinski definition) is 4. The molecule has 0 aromatic carbocycles. The SMILES string of the molecule is CC(Nc1nccnc1C(N)=S)C1CC1. The molecule has 3 N–H and O–H groups in total. The van der Waals surface area contributed by atoms with Crippen molar-refractivity contribution in [3.05, 3.63) is 18.1 Å². The van der Waals surface area contributed by atoms with Crippen LogP contribution in [0.5, 0.6) is 0 Å². The molecule has 2 rings (SSSR count). The van der Waals surface area contributed by atoms with Gasteiger partial charge in [0.1, 0.15) is 10.7 Å². The first-order valence-corrected chi connectivity index (χ1v) is 5.46. The first-order valence-electron chi connectivity index (χ1n) is 5.06. The summed E-state index contributed by atoms with van der Waals surface area (Å²) in [6, 6.07) is 0.412. The van der Waals surface area contributed by atoms with E-state index in [0.717, 1.165) is 5.92 Å². The van der Waals surface area contributed by atoms with Gasteiger partial charge < -0.3 is 11.1 Å². The van der Waals surface area contributed by atoms with E-state index in [1.807, 2.05) is 0 Å². The molecule has 15 heavy (non-hydrogen) atoms. The zero-order valence-electron chi connectivity index (χ0n) is 8.60. The van der Waals surface area contributed by atoms with Crippen molar-refractivity contribution in [3.63, 3.8) is 0 Å². The molecule has 0 spiro atoms. The molecule has 0 bridgehead atoms. The third kappa shape index (κ3) is 2.41. The largest absolute Gasteiger partial charge is 0.388 e. The summed E-state index contributed by atoms with van der Waals surface area (Å²) in [7, 11) is 0. The number of nitrogens with two attached hydrogens (primary N) is 1. The molecule has 1 aromatic heterocycles. The lowest BCUT2D eigenvalue weighted by Gasteiger charge is -2.14. The molecule has 0 radical (unpaired) electrons. The van der Waals surface area contributed by atoms with Crippen molar-refractivity contribution in [3.8, 4) is 0 Å². The Morgan fingerprint density at radius 3 is 2.80 bits per heavy atom. The van der Waals surface area contributed by atoms with Crippen LogP contribution in [0.1, 0.15) is 25.5 Å². The van der Waals surface area contributed by atoms with E-state index in [-0.39, 0.29) is 4.99 Å². The fourth-order valence-corrected chi connectivity index (χ4v) is 1.70. The summed E-state index contributed by atoms with van der Waals surface area (Å²) in [5.74, 6) is 1.45. The van der Waals surface area contributed by atoms with E-state index < -0.39 is 0 Å². The molecule has 0 amide bonds. The van der Waals surface area contributed by atoms with E-state index >= 15 is 0 Å². The maximum Gasteiger partial charge on any atom is 0.155 e. The van der Waals surface area contributed by atoms with Gasteiger partial charge in [0.05, 0.1) is 0 Å². The molecule has 1 heterocycles. The molecule has 1 aliphatic rings. The number of thiocarbonyl (C=S) groups is 1. The summed E-state index contributed by atoms with van der Waals surface area (Å²) >= 11 is 4.92. The summed E-state index contributed by atoms with van der Waals surface area (Å²) in [5, 5.41) is 3.31. The van der Waals surface area contributed by atoms with E-state index in [4.69, 9.17) is 18.0 Å². The van der Waals surface area contributed by atoms with E-state index in [1.165, 1.54) is 12.8 Å². The first-order chi connectivity index (χ1) is 7.18. The zero-order chi connectivity index (χ0) is 10.8. The number of nitrogens with one attached hydrogen (secondary N) is 1. The van der Waals surface area contributed by atoms with Crippen molar-refractivity contribution >= 4 is 23.0 Å². The Balaban J connectivity index is 2.15. The third-order valence-electron chi connectivity index (χ3n) is 2.63. The van der Waals surface area contributed by atoms with Crippen LogP contribution in [0.2, 0.25) is 0 Å². The van der Waals surface area contributed by atoms with Gasteiger partial charge in [-0.05, 0) is 25.7 Å². The lowest BCUT2D eigenvalue weighted by Crippen LogP contribution is -2.22. The summed E-state index contributed by atoms with van der Waals surface area (Å²) < 4.78 is 0.